The molecule has 0 aliphatic heterocycles. The van der Waals surface area contributed by atoms with E-state index in [1.54, 1.807) is 12.1 Å². The molecule has 0 bridgehead atoms. The third-order valence-electron chi connectivity index (χ3n) is 1.35. The van der Waals surface area contributed by atoms with Crippen LogP contribution in [0, 0.1) is 11.3 Å². The summed E-state index contributed by atoms with van der Waals surface area (Å²) in [4.78, 5) is 3.95. The lowest BCUT2D eigenvalue weighted by molar-refractivity contribution is 0.413. The van der Waals surface area contributed by atoms with Crippen LogP contribution in [0.15, 0.2) is 12.1 Å². The van der Waals surface area contributed by atoms with Crippen LogP contribution in [0.5, 0.6) is 5.75 Å². The average Bonchev–Trinajstić information content (AvgIpc) is 2.05. The summed E-state index contributed by atoms with van der Waals surface area (Å²) >= 11 is 5.72. The van der Waals surface area contributed by atoms with E-state index in [2.05, 4.69) is 4.98 Å². The zero-order valence-corrected chi connectivity index (χ0v) is 7.30. The van der Waals surface area contributed by atoms with Crippen molar-refractivity contribution in [1.29, 1.82) is 5.26 Å². The molecule has 3 nitrogen and oxygen atoms in total. The van der Waals surface area contributed by atoms with Crippen LogP contribution in [-0.4, -0.2) is 12.1 Å². The minimum Gasteiger partial charge on any atom is -0.494 e. The second-order valence-electron chi connectivity index (χ2n) is 2.13. The van der Waals surface area contributed by atoms with E-state index >= 15 is 0 Å². The predicted molar refractivity (Wildman–Crippen MR) is 45.1 cm³/mol. The quantitative estimate of drug-likeness (QED) is 0.656. The molecule has 1 heterocycles. The maximum atomic E-state index is 8.37. The monoisotopic (exact) mass is 182 g/mol. The van der Waals surface area contributed by atoms with E-state index < -0.39 is 0 Å². The maximum Gasteiger partial charge on any atom is 0.171 e. The molecule has 0 radical (unpaired) electrons. The second kappa shape index (κ2) is 3.93. The van der Waals surface area contributed by atoms with E-state index in [0.29, 0.717) is 16.6 Å². The molecule has 0 aromatic carbocycles. The van der Waals surface area contributed by atoms with Gasteiger partial charge in [0.1, 0.15) is 0 Å². The summed E-state index contributed by atoms with van der Waals surface area (Å²) in [5.41, 5.74) is 0.656. The highest BCUT2D eigenvalue weighted by atomic mass is 35.5. The van der Waals surface area contributed by atoms with Crippen molar-refractivity contribution < 1.29 is 4.74 Å². The number of aromatic nitrogens is 1. The first-order valence-electron chi connectivity index (χ1n) is 3.34. The summed E-state index contributed by atoms with van der Waals surface area (Å²) in [5.74, 6) is 0.526. The first kappa shape index (κ1) is 8.82. The SMILES string of the molecule is COc1ccc(CC#N)nc1Cl. The Morgan fingerprint density at radius 1 is 1.67 bits per heavy atom. The maximum absolute atomic E-state index is 8.37. The zero-order chi connectivity index (χ0) is 8.97. The van der Waals surface area contributed by atoms with Gasteiger partial charge in [0.2, 0.25) is 0 Å². The lowest BCUT2D eigenvalue weighted by Gasteiger charge is -2.01. The highest BCUT2D eigenvalue weighted by Gasteiger charge is 2.02. The van der Waals surface area contributed by atoms with Gasteiger partial charge in [-0.2, -0.15) is 5.26 Å². The number of nitrogens with zero attached hydrogens (tertiary/aromatic N) is 2. The Balaban J connectivity index is 2.95. The summed E-state index contributed by atoms with van der Waals surface area (Å²) in [6, 6.07) is 5.40. The van der Waals surface area contributed by atoms with Crippen molar-refractivity contribution in [2.24, 2.45) is 0 Å². The molecule has 0 spiro atoms. The van der Waals surface area contributed by atoms with Crippen molar-refractivity contribution in [3.63, 3.8) is 0 Å². The van der Waals surface area contributed by atoms with Crippen LogP contribution in [0.2, 0.25) is 5.15 Å². The van der Waals surface area contributed by atoms with Gasteiger partial charge >= 0.3 is 0 Å². The van der Waals surface area contributed by atoms with Crippen molar-refractivity contribution in [3.05, 3.63) is 23.0 Å². The fraction of sp³-hybridized carbons (Fsp3) is 0.250. The van der Waals surface area contributed by atoms with Gasteiger partial charge in [-0.1, -0.05) is 11.6 Å². The number of hydrogen-bond acceptors (Lipinski definition) is 3. The Kier molecular flexibility index (Phi) is 2.89. The summed E-state index contributed by atoms with van der Waals surface area (Å²) < 4.78 is 4.90. The summed E-state index contributed by atoms with van der Waals surface area (Å²) in [6.45, 7) is 0. The van der Waals surface area contributed by atoms with Crippen LogP contribution < -0.4 is 4.74 Å². The summed E-state index contributed by atoms with van der Waals surface area (Å²) in [7, 11) is 1.52. The molecule has 0 amide bonds. The van der Waals surface area contributed by atoms with Crippen LogP contribution in [0.3, 0.4) is 0 Å². The van der Waals surface area contributed by atoms with Crippen LogP contribution in [0.1, 0.15) is 5.69 Å². The van der Waals surface area contributed by atoms with Crippen molar-refractivity contribution in [1.82, 2.24) is 4.98 Å². The molecule has 0 saturated carbocycles. The molecule has 0 unspecified atom stereocenters. The van der Waals surface area contributed by atoms with Gasteiger partial charge in [0.25, 0.3) is 0 Å². The van der Waals surface area contributed by atoms with Gasteiger partial charge in [-0.05, 0) is 12.1 Å². The first-order chi connectivity index (χ1) is 5.77. The molecule has 1 aromatic heterocycles. The lowest BCUT2D eigenvalue weighted by atomic mass is 10.3. The van der Waals surface area contributed by atoms with Crippen molar-refractivity contribution in [2.45, 2.75) is 6.42 Å². The predicted octanol–water partition coefficient (Wildman–Crippen LogP) is 1.81. The van der Waals surface area contributed by atoms with Gasteiger partial charge in [-0.3, -0.25) is 0 Å². The van der Waals surface area contributed by atoms with Gasteiger partial charge in [0.05, 0.1) is 25.3 Å². The molecular formula is C8H7ClN2O. The Morgan fingerprint density at radius 3 is 2.92 bits per heavy atom. The van der Waals surface area contributed by atoms with E-state index in [-0.39, 0.29) is 6.42 Å². The molecular weight excluding hydrogens is 176 g/mol. The standard InChI is InChI=1S/C8H7ClN2O/c1-12-7-3-2-6(4-5-10)11-8(7)9/h2-3H,4H2,1H3. The van der Waals surface area contributed by atoms with Gasteiger partial charge in [-0.25, -0.2) is 4.98 Å². The molecule has 62 valence electrons. The molecule has 0 saturated heterocycles. The summed E-state index contributed by atoms with van der Waals surface area (Å²) in [6.07, 6.45) is 0.268. The fourth-order valence-corrected chi connectivity index (χ4v) is 1.04. The first-order valence-corrected chi connectivity index (χ1v) is 3.72. The lowest BCUT2D eigenvalue weighted by Crippen LogP contribution is -1.91. The van der Waals surface area contributed by atoms with Gasteiger partial charge < -0.3 is 4.74 Å². The highest BCUT2D eigenvalue weighted by Crippen LogP contribution is 2.21. The fourth-order valence-electron chi connectivity index (χ4n) is 0.791. The van der Waals surface area contributed by atoms with E-state index in [0.717, 1.165) is 0 Å². The average molecular weight is 183 g/mol. The van der Waals surface area contributed by atoms with Crippen molar-refractivity contribution >= 4 is 11.6 Å². The van der Waals surface area contributed by atoms with Crippen molar-refractivity contribution in [3.8, 4) is 11.8 Å². The van der Waals surface area contributed by atoms with Gasteiger partial charge in [0.15, 0.2) is 10.9 Å². The number of pyridine rings is 1. The molecule has 0 atom stereocenters. The number of hydrogen-bond donors (Lipinski definition) is 0. The molecule has 0 aliphatic rings. The Morgan fingerprint density at radius 2 is 2.42 bits per heavy atom. The molecule has 4 heteroatoms. The number of methoxy groups -OCH3 is 1. The number of halogens is 1. The van der Waals surface area contributed by atoms with Crippen LogP contribution in [0.25, 0.3) is 0 Å². The minimum absolute atomic E-state index is 0.268. The molecule has 0 fully saturated rings. The molecule has 0 aliphatic carbocycles. The van der Waals surface area contributed by atoms with Crippen LogP contribution in [-0.2, 0) is 6.42 Å². The largest absolute Gasteiger partial charge is 0.494 e. The van der Waals surface area contributed by atoms with E-state index in [4.69, 9.17) is 21.6 Å². The molecule has 1 rings (SSSR count). The third-order valence-corrected chi connectivity index (χ3v) is 1.62. The minimum atomic E-state index is 0.268. The summed E-state index contributed by atoms with van der Waals surface area (Å²) in [5, 5.41) is 8.67. The van der Waals surface area contributed by atoms with E-state index in [1.165, 1.54) is 7.11 Å². The zero-order valence-electron chi connectivity index (χ0n) is 6.54. The van der Waals surface area contributed by atoms with Crippen LogP contribution in [0.4, 0.5) is 0 Å². The van der Waals surface area contributed by atoms with Crippen LogP contribution >= 0.6 is 11.6 Å². The Hall–Kier alpha value is -1.27. The van der Waals surface area contributed by atoms with Crippen molar-refractivity contribution in [2.75, 3.05) is 7.11 Å². The smallest absolute Gasteiger partial charge is 0.171 e. The Bertz CT molecular complexity index is 319. The number of rotatable bonds is 2. The topological polar surface area (TPSA) is 45.9 Å². The normalized spacial score (nSPS) is 9.08. The third kappa shape index (κ3) is 1.86. The van der Waals surface area contributed by atoms with Gasteiger partial charge in [0, 0.05) is 0 Å². The Labute approximate surface area is 75.6 Å². The molecule has 12 heavy (non-hydrogen) atoms. The number of nitriles is 1. The molecule has 0 N–H and O–H groups in total. The highest BCUT2D eigenvalue weighted by molar-refractivity contribution is 6.30. The van der Waals surface area contributed by atoms with Gasteiger partial charge in [-0.15, -0.1) is 0 Å². The second-order valence-corrected chi connectivity index (χ2v) is 2.49. The van der Waals surface area contributed by atoms with E-state index in [9.17, 15) is 0 Å². The molecule has 1 aromatic rings. The number of ether oxygens (including phenoxy) is 1. The van der Waals surface area contributed by atoms with E-state index in [1.807, 2.05) is 6.07 Å².